The molecule has 40 heavy (non-hydrogen) atoms. The van der Waals surface area contributed by atoms with Crippen LogP contribution in [0.2, 0.25) is 0 Å². The zero-order valence-electron chi connectivity index (χ0n) is 23.9. The van der Waals surface area contributed by atoms with E-state index in [1.54, 1.807) is 43.3 Å². The molecule has 0 aliphatic carbocycles. The van der Waals surface area contributed by atoms with E-state index in [9.17, 15) is 18.0 Å². The second kappa shape index (κ2) is 13.5. The normalized spacial score (nSPS) is 12.2. The van der Waals surface area contributed by atoms with Gasteiger partial charge in [0.05, 0.1) is 10.6 Å². The van der Waals surface area contributed by atoms with Crippen LogP contribution in [0.4, 0.5) is 5.69 Å². The van der Waals surface area contributed by atoms with E-state index in [1.807, 2.05) is 65.0 Å². The third-order valence-electron chi connectivity index (χ3n) is 6.50. The number of sulfonamides is 1. The fourth-order valence-electron chi connectivity index (χ4n) is 4.28. The molecule has 0 aromatic heterocycles. The number of nitrogens with zero attached hydrogens (tertiary/aromatic N) is 2. The fraction of sp³-hybridized carbons (Fsp3) is 0.355. The van der Waals surface area contributed by atoms with Crippen LogP contribution in [0.5, 0.6) is 0 Å². The molecule has 0 aliphatic heterocycles. The van der Waals surface area contributed by atoms with Gasteiger partial charge in [0, 0.05) is 17.6 Å². The summed E-state index contributed by atoms with van der Waals surface area (Å²) in [6.45, 7) is 11.5. The van der Waals surface area contributed by atoms with E-state index < -0.39 is 28.5 Å². The SMILES string of the molecule is Cc1ccc(S(=O)(=O)N(CC(=O)N(Cc2ccc(Br)cc2)C(C)C(=O)NCC(C)C)c2cc(C)cc(C)c2)cc1. The van der Waals surface area contributed by atoms with Gasteiger partial charge in [-0.05, 0) is 86.7 Å². The van der Waals surface area contributed by atoms with Crippen molar-refractivity contribution in [2.45, 2.75) is 59.0 Å². The standard InChI is InChI=1S/C31H38BrN3O4S/c1-21(2)18-33-31(37)25(6)34(19-26-9-11-27(32)12-10-26)30(36)20-35(28-16-23(4)15-24(5)17-28)40(38,39)29-13-7-22(3)8-14-29/h7-17,21,25H,18-20H2,1-6H3,(H,33,37). The van der Waals surface area contributed by atoms with Gasteiger partial charge in [-0.2, -0.15) is 0 Å². The lowest BCUT2D eigenvalue weighted by Gasteiger charge is -2.32. The van der Waals surface area contributed by atoms with Gasteiger partial charge in [-0.1, -0.05) is 65.7 Å². The monoisotopic (exact) mass is 627 g/mol. The van der Waals surface area contributed by atoms with E-state index in [4.69, 9.17) is 0 Å². The number of aryl methyl sites for hydroxylation is 3. The summed E-state index contributed by atoms with van der Waals surface area (Å²) in [5.41, 5.74) is 3.89. The van der Waals surface area contributed by atoms with Crippen molar-refractivity contribution in [3.8, 4) is 0 Å². The summed E-state index contributed by atoms with van der Waals surface area (Å²) in [6, 6.07) is 18.7. The van der Waals surface area contributed by atoms with Crippen LogP contribution in [0.3, 0.4) is 0 Å². The maximum absolute atomic E-state index is 14.0. The number of nitrogens with one attached hydrogen (secondary N) is 1. The third-order valence-corrected chi connectivity index (χ3v) is 8.82. The Hall–Kier alpha value is -3.17. The summed E-state index contributed by atoms with van der Waals surface area (Å²) in [5, 5.41) is 2.90. The van der Waals surface area contributed by atoms with Crippen molar-refractivity contribution < 1.29 is 18.0 Å². The Bertz CT molecular complexity index is 1420. The predicted octanol–water partition coefficient (Wildman–Crippen LogP) is 5.76. The maximum atomic E-state index is 14.0. The van der Waals surface area contributed by atoms with Gasteiger partial charge < -0.3 is 10.2 Å². The number of hydrogen-bond acceptors (Lipinski definition) is 4. The summed E-state index contributed by atoms with van der Waals surface area (Å²) in [4.78, 5) is 28.6. The van der Waals surface area contributed by atoms with Gasteiger partial charge in [-0.15, -0.1) is 0 Å². The molecule has 3 rings (SSSR count). The van der Waals surface area contributed by atoms with E-state index in [1.165, 1.54) is 4.90 Å². The van der Waals surface area contributed by atoms with E-state index in [0.717, 1.165) is 31.0 Å². The van der Waals surface area contributed by atoms with Gasteiger partial charge in [0.25, 0.3) is 10.0 Å². The maximum Gasteiger partial charge on any atom is 0.264 e. The summed E-state index contributed by atoms with van der Waals surface area (Å²) in [6.07, 6.45) is 0. The fourth-order valence-corrected chi connectivity index (χ4v) is 5.94. The molecule has 0 spiro atoms. The quantitative estimate of drug-likeness (QED) is 0.293. The van der Waals surface area contributed by atoms with Crippen molar-refractivity contribution in [1.82, 2.24) is 10.2 Å². The lowest BCUT2D eigenvalue weighted by atomic mass is 10.1. The molecule has 1 N–H and O–H groups in total. The van der Waals surface area contributed by atoms with Gasteiger partial charge in [0.15, 0.2) is 0 Å². The summed E-state index contributed by atoms with van der Waals surface area (Å²) in [5.74, 6) is -0.532. The summed E-state index contributed by atoms with van der Waals surface area (Å²) in [7, 11) is -4.10. The molecule has 0 fully saturated rings. The number of hydrogen-bond donors (Lipinski definition) is 1. The molecule has 1 atom stereocenters. The Morgan fingerprint density at radius 2 is 1.43 bits per heavy atom. The van der Waals surface area contributed by atoms with Crippen molar-refractivity contribution in [3.63, 3.8) is 0 Å². The molecule has 0 aliphatic rings. The Balaban J connectivity index is 2.04. The lowest BCUT2D eigenvalue weighted by Crippen LogP contribution is -2.51. The van der Waals surface area contributed by atoms with Crippen molar-refractivity contribution in [2.24, 2.45) is 5.92 Å². The molecule has 0 saturated heterocycles. The third kappa shape index (κ3) is 8.17. The predicted molar refractivity (Wildman–Crippen MR) is 164 cm³/mol. The molecule has 7 nitrogen and oxygen atoms in total. The van der Waals surface area contributed by atoms with Crippen LogP contribution in [0.15, 0.2) is 76.1 Å². The number of carbonyl (C=O) groups excluding carboxylic acids is 2. The highest BCUT2D eigenvalue weighted by atomic mass is 79.9. The van der Waals surface area contributed by atoms with Crippen LogP contribution in [-0.2, 0) is 26.2 Å². The summed E-state index contributed by atoms with van der Waals surface area (Å²) < 4.78 is 30.0. The Morgan fingerprint density at radius 3 is 1.98 bits per heavy atom. The van der Waals surface area contributed by atoms with Crippen molar-refractivity contribution >= 4 is 43.5 Å². The minimum Gasteiger partial charge on any atom is -0.354 e. The van der Waals surface area contributed by atoms with Gasteiger partial charge in [0.2, 0.25) is 11.8 Å². The smallest absolute Gasteiger partial charge is 0.264 e. The number of amides is 2. The minimum absolute atomic E-state index is 0.0900. The van der Waals surface area contributed by atoms with Crippen molar-refractivity contribution in [3.05, 3.63) is 93.5 Å². The van der Waals surface area contributed by atoms with E-state index in [2.05, 4.69) is 21.2 Å². The molecular weight excluding hydrogens is 590 g/mol. The van der Waals surface area contributed by atoms with Gasteiger partial charge in [0.1, 0.15) is 12.6 Å². The van der Waals surface area contributed by atoms with Gasteiger partial charge >= 0.3 is 0 Å². The highest BCUT2D eigenvalue weighted by Gasteiger charge is 2.32. The average molecular weight is 629 g/mol. The molecule has 0 radical (unpaired) electrons. The second-order valence-electron chi connectivity index (χ2n) is 10.6. The van der Waals surface area contributed by atoms with Crippen LogP contribution in [0, 0.1) is 26.7 Å². The molecule has 9 heteroatoms. The Kier molecular flexibility index (Phi) is 10.6. The second-order valence-corrected chi connectivity index (χ2v) is 13.4. The minimum atomic E-state index is -4.10. The van der Waals surface area contributed by atoms with Crippen LogP contribution >= 0.6 is 15.9 Å². The van der Waals surface area contributed by atoms with Crippen LogP contribution in [0.1, 0.15) is 43.0 Å². The van der Waals surface area contributed by atoms with E-state index in [0.29, 0.717) is 12.2 Å². The largest absolute Gasteiger partial charge is 0.354 e. The summed E-state index contributed by atoms with van der Waals surface area (Å²) >= 11 is 3.43. The molecule has 0 bridgehead atoms. The average Bonchev–Trinajstić information content (AvgIpc) is 2.89. The van der Waals surface area contributed by atoms with E-state index in [-0.39, 0.29) is 23.3 Å². The van der Waals surface area contributed by atoms with Crippen molar-refractivity contribution in [1.29, 1.82) is 0 Å². The highest BCUT2D eigenvalue weighted by Crippen LogP contribution is 2.27. The molecule has 1 unspecified atom stereocenters. The van der Waals surface area contributed by atoms with Crippen molar-refractivity contribution in [2.75, 3.05) is 17.4 Å². The Morgan fingerprint density at radius 1 is 0.850 bits per heavy atom. The van der Waals surface area contributed by atoms with Crippen LogP contribution in [0.25, 0.3) is 0 Å². The lowest BCUT2D eigenvalue weighted by molar-refractivity contribution is -0.139. The zero-order chi connectivity index (χ0) is 29.6. The van der Waals surface area contributed by atoms with Gasteiger partial charge in [-0.3, -0.25) is 13.9 Å². The first-order valence-electron chi connectivity index (χ1n) is 13.3. The molecule has 2 amide bonds. The number of carbonyl (C=O) groups is 2. The number of rotatable bonds is 11. The molecule has 214 valence electrons. The molecule has 0 heterocycles. The molecule has 3 aromatic carbocycles. The Labute approximate surface area is 246 Å². The number of halogens is 1. The zero-order valence-corrected chi connectivity index (χ0v) is 26.3. The topological polar surface area (TPSA) is 86.8 Å². The first-order valence-corrected chi connectivity index (χ1v) is 15.5. The van der Waals surface area contributed by atoms with Crippen LogP contribution < -0.4 is 9.62 Å². The first-order chi connectivity index (χ1) is 18.8. The first kappa shape index (κ1) is 31.4. The van der Waals surface area contributed by atoms with E-state index >= 15 is 0 Å². The molecular formula is C31H38BrN3O4S. The van der Waals surface area contributed by atoms with Crippen LogP contribution in [-0.4, -0.2) is 44.3 Å². The number of benzene rings is 3. The number of anilines is 1. The molecule has 3 aromatic rings. The van der Waals surface area contributed by atoms with Gasteiger partial charge in [-0.25, -0.2) is 8.42 Å². The molecule has 0 saturated carbocycles. The highest BCUT2D eigenvalue weighted by molar-refractivity contribution is 9.10.